The number of alkyl halides is 3. The van der Waals surface area contributed by atoms with Crippen LogP contribution in [-0.4, -0.2) is 0 Å². The molecule has 0 heterocycles. The summed E-state index contributed by atoms with van der Waals surface area (Å²) < 4.78 is 37.1. The highest BCUT2D eigenvalue weighted by molar-refractivity contribution is 6.31. The van der Waals surface area contributed by atoms with E-state index in [4.69, 9.17) is 11.6 Å². The summed E-state index contributed by atoms with van der Waals surface area (Å²) in [6, 6.07) is 3.85. The standard InChI is InChI=1S/C9H9ClF3N/c1-14-5-6-2-3-8(10)7(4-6)9(11,12)13/h2-4H,1,5,14H2. The first-order valence-electron chi connectivity index (χ1n) is 3.91. The quantitative estimate of drug-likeness (QED) is 0.741. The second-order valence-electron chi connectivity index (χ2n) is 2.80. The molecular weight excluding hydrogens is 215 g/mol. The third kappa shape index (κ3) is 2.62. The van der Waals surface area contributed by atoms with Gasteiger partial charge in [-0.3, -0.25) is 0 Å². The number of benzene rings is 1. The molecule has 0 atom stereocenters. The molecule has 2 N–H and O–H groups in total. The molecule has 0 fully saturated rings. The van der Waals surface area contributed by atoms with Gasteiger partial charge in [-0.2, -0.15) is 20.2 Å². The molecule has 0 aliphatic rings. The van der Waals surface area contributed by atoms with Crippen LogP contribution in [0.15, 0.2) is 18.2 Å². The van der Waals surface area contributed by atoms with E-state index in [1.54, 1.807) is 11.4 Å². The minimum atomic E-state index is -4.39. The van der Waals surface area contributed by atoms with E-state index >= 15 is 0 Å². The summed E-state index contributed by atoms with van der Waals surface area (Å²) in [6.07, 6.45) is -4.39. The van der Waals surface area contributed by atoms with Crippen LogP contribution in [0.4, 0.5) is 13.2 Å². The monoisotopic (exact) mass is 223 g/mol. The van der Waals surface area contributed by atoms with Crippen LogP contribution < -0.4 is 5.32 Å². The molecule has 1 aromatic carbocycles. The molecule has 1 rings (SSSR count). The van der Waals surface area contributed by atoms with Gasteiger partial charge in [0.1, 0.15) is 0 Å². The van der Waals surface area contributed by atoms with Crippen molar-refractivity contribution in [3.05, 3.63) is 41.4 Å². The molecule has 0 aromatic heterocycles. The lowest BCUT2D eigenvalue weighted by Crippen LogP contribution is -2.74. The highest BCUT2D eigenvalue weighted by atomic mass is 35.5. The molecule has 1 aromatic rings. The normalized spacial score (nSPS) is 11.8. The molecule has 0 amide bonds. The molecule has 0 saturated heterocycles. The Labute approximate surface area is 84.9 Å². The second-order valence-corrected chi connectivity index (χ2v) is 3.21. The van der Waals surface area contributed by atoms with Crippen molar-refractivity contribution >= 4 is 11.6 Å². The third-order valence-corrected chi connectivity index (χ3v) is 2.05. The predicted octanol–water partition coefficient (Wildman–Crippen LogP) is 2.21. The van der Waals surface area contributed by atoms with Gasteiger partial charge in [0.2, 0.25) is 0 Å². The Bertz CT molecular complexity index is 322. The molecule has 0 unspecified atom stereocenters. The summed E-state index contributed by atoms with van der Waals surface area (Å²) in [5.74, 6) is 0. The average Bonchev–Trinajstić information content (AvgIpc) is 2.07. The number of nitrogens with two attached hydrogens (primary N) is 1. The van der Waals surface area contributed by atoms with Crippen LogP contribution in [-0.2, 0) is 12.7 Å². The fourth-order valence-corrected chi connectivity index (χ4v) is 1.31. The summed E-state index contributed by atoms with van der Waals surface area (Å²) in [7, 11) is 3.46. The number of hydrogen-bond acceptors (Lipinski definition) is 0. The van der Waals surface area contributed by atoms with Crippen LogP contribution in [0, 0.1) is 7.05 Å². The van der Waals surface area contributed by atoms with Gasteiger partial charge in [0.15, 0.2) is 0 Å². The van der Waals surface area contributed by atoms with Crippen molar-refractivity contribution in [3.8, 4) is 0 Å². The van der Waals surface area contributed by atoms with Crippen molar-refractivity contribution in [2.75, 3.05) is 0 Å². The largest absolute Gasteiger partial charge is 0.475 e. The first-order chi connectivity index (χ1) is 6.45. The fraction of sp³-hybridized carbons (Fsp3) is 0.222. The molecule has 0 radical (unpaired) electrons. The van der Waals surface area contributed by atoms with Crippen LogP contribution in [0.1, 0.15) is 11.1 Å². The molecular formula is C9H9ClF3N. The van der Waals surface area contributed by atoms with Gasteiger partial charge in [0.25, 0.3) is 0 Å². The molecule has 5 heteroatoms. The molecule has 0 saturated carbocycles. The molecule has 14 heavy (non-hydrogen) atoms. The molecule has 0 aliphatic carbocycles. The summed E-state index contributed by atoms with van der Waals surface area (Å²) in [6.45, 7) is 0.403. The minimum absolute atomic E-state index is 0.273. The molecule has 0 bridgehead atoms. The highest BCUT2D eigenvalue weighted by Crippen LogP contribution is 2.34. The molecule has 78 valence electrons. The Morgan fingerprint density at radius 3 is 2.50 bits per heavy atom. The van der Waals surface area contributed by atoms with E-state index in [0.717, 1.165) is 6.07 Å². The summed E-state index contributed by atoms with van der Waals surface area (Å²) in [4.78, 5) is 0. The Morgan fingerprint density at radius 2 is 2.00 bits per heavy atom. The number of hydrogen-bond donors (Lipinski definition) is 1. The van der Waals surface area contributed by atoms with Gasteiger partial charge in [0.05, 0.1) is 17.1 Å². The van der Waals surface area contributed by atoms with E-state index in [2.05, 4.69) is 7.05 Å². The zero-order chi connectivity index (χ0) is 10.8. The summed E-state index contributed by atoms with van der Waals surface area (Å²) >= 11 is 5.44. The maximum Gasteiger partial charge on any atom is 0.417 e. The van der Waals surface area contributed by atoms with Gasteiger partial charge < -0.3 is 5.32 Å². The van der Waals surface area contributed by atoms with E-state index in [0.29, 0.717) is 12.1 Å². The lowest BCUT2D eigenvalue weighted by atomic mass is 10.1. The van der Waals surface area contributed by atoms with Crippen molar-refractivity contribution in [2.45, 2.75) is 12.7 Å². The van der Waals surface area contributed by atoms with E-state index in [1.807, 2.05) is 0 Å². The van der Waals surface area contributed by atoms with E-state index in [9.17, 15) is 13.2 Å². The molecule has 0 aliphatic heterocycles. The number of rotatable bonds is 2. The van der Waals surface area contributed by atoms with Crippen molar-refractivity contribution in [3.63, 3.8) is 0 Å². The van der Waals surface area contributed by atoms with Crippen LogP contribution in [0.25, 0.3) is 0 Å². The second kappa shape index (κ2) is 4.19. The molecule has 1 nitrogen and oxygen atoms in total. The first kappa shape index (κ1) is 11.3. The maximum absolute atomic E-state index is 12.4. The lowest BCUT2D eigenvalue weighted by molar-refractivity contribution is -0.612. The van der Waals surface area contributed by atoms with Gasteiger partial charge in [-0.1, -0.05) is 17.7 Å². The average molecular weight is 224 g/mol. The first-order valence-corrected chi connectivity index (χ1v) is 4.29. The maximum atomic E-state index is 12.4. The lowest BCUT2D eigenvalue weighted by Gasteiger charge is -2.10. The zero-order valence-electron chi connectivity index (χ0n) is 7.24. The zero-order valence-corrected chi connectivity index (χ0v) is 7.99. The Morgan fingerprint density at radius 1 is 1.36 bits per heavy atom. The van der Waals surface area contributed by atoms with Crippen molar-refractivity contribution in [1.29, 1.82) is 0 Å². The predicted molar refractivity (Wildman–Crippen MR) is 47.4 cm³/mol. The van der Waals surface area contributed by atoms with Gasteiger partial charge in [-0.15, -0.1) is 0 Å². The van der Waals surface area contributed by atoms with Gasteiger partial charge in [-0.25, -0.2) is 0 Å². The smallest absolute Gasteiger partial charge is 0.417 e. The van der Waals surface area contributed by atoms with Crippen LogP contribution in [0.2, 0.25) is 5.02 Å². The Balaban J connectivity index is 3.09. The van der Waals surface area contributed by atoms with Gasteiger partial charge in [0, 0.05) is 5.56 Å². The van der Waals surface area contributed by atoms with Crippen LogP contribution in [0.3, 0.4) is 0 Å². The van der Waals surface area contributed by atoms with E-state index in [1.165, 1.54) is 6.07 Å². The Kier molecular flexibility index (Phi) is 3.39. The van der Waals surface area contributed by atoms with Crippen molar-refractivity contribution in [1.82, 2.24) is 0 Å². The number of halogens is 4. The van der Waals surface area contributed by atoms with Crippen molar-refractivity contribution < 1.29 is 18.5 Å². The SMILES string of the molecule is [CH2-][NH2+]Cc1ccc(Cl)c(C(F)(F)F)c1. The van der Waals surface area contributed by atoms with E-state index in [-0.39, 0.29) is 5.02 Å². The Hall–Kier alpha value is -0.740. The van der Waals surface area contributed by atoms with E-state index < -0.39 is 11.7 Å². The van der Waals surface area contributed by atoms with Crippen molar-refractivity contribution in [2.24, 2.45) is 0 Å². The molecule has 0 spiro atoms. The van der Waals surface area contributed by atoms with Crippen LogP contribution in [0.5, 0.6) is 0 Å². The van der Waals surface area contributed by atoms with Gasteiger partial charge >= 0.3 is 6.18 Å². The third-order valence-electron chi connectivity index (χ3n) is 1.72. The van der Waals surface area contributed by atoms with Crippen LogP contribution >= 0.6 is 11.6 Å². The topological polar surface area (TPSA) is 16.6 Å². The number of quaternary nitrogens is 1. The highest BCUT2D eigenvalue weighted by Gasteiger charge is 2.33. The summed E-state index contributed by atoms with van der Waals surface area (Å²) in [5, 5.41) is 1.27. The van der Waals surface area contributed by atoms with Gasteiger partial charge in [-0.05, 0) is 12.1 Å². The fourth-order valence-electron chi connectivity index (χ4n) is 1.08. The minimum Gasteiger partial charge on any atom is -0.475 e. The summed E-state index contributed by atoms with van der Waals surface area (Å²) in [5.41, 5.74) is -0.241.